The summed E-state index contributed by atoms with van der Waals surface area (Å²) in [5.41, 5.74) is 1.56. The van der Waals surface area contributed by atoms with Crippen molar-refractivity contribution in [3.05, 3.63) is 78.4 Å². The van der Waals surface area contributed by atoms with Crippen molar-refractivity contribution < 1.29 is 9.90 Å². The van der Waals surface area contributed by atoms with Gasteiger partial charge in [-0.15, -0.1) is 0 Å². The van der Waals surface area contributed by atoms with Crippen LogP contribution in [0.2, 0.25) is 0 Å². The number of carboxylic acid groups (broad SMARTS) is 1. The van der Waals surface area contributed by atoms with Crippen molar-refractivity contribution in [3.8, 4) is 0 Å². The molecule has 0 fully saturated rings. The van der Waals surface area contributed by atoms with Gasteiger partial charge in [-0.3, -0.25) is 0 Å². The van der Waals surface area contributed by atoms with Gasteiger partial charge in [-0.25, -0.2) is 4.79 Å². The van der Waals surface area contributed by atoms with Crippen molar-refractivity contribution in [2.75, 3.05) is 5.32 Å². The number of benzene rings is 3. The third-order valence-corrected chi connectivity index (χ3v) is 3.47. The van der Waals surface area contributed by atoms with Crippen LogP contribution in [-0.4, -0.2) is 11.1 Å². The highest BCUT2D eigenvalue weighted by Crippen LogP contribution is 2.27. The Hall–Kier alpha value is -2.81. The molecule has 2 N–H and O–H groups in total. The second kappa shape index (κ2) is 5.67. The van der Waals surface area contributed by atoms with E-state index in [-0.39, 0.29) is 0 Å². The predicted molar refractivity (Wildman–Crippen MR) is 84.4 cm³/mol. The highest BCUT2D eigenvalue weighted by molar-refractivity contribution is 5.95. The van der Waals surface area contributed by atoms with Gasteiger partial charge in [-0.2, -0.15) is 0 Å². The molecule has 0 bridgehead atoms. The summed E-state index contributed by atoms with van der Waals surface area (Å²) in [5, 5.41) is 14.7. The van der Waals surface area contributed by atoms with E-state index in [1.165, 1.54) is 0 Å². The number of fused-ring (bicyclic) bond motifs is 1. The number of rotatable bonds is 4. The fourth-order valence-electron chi connectivity index (χ4n) is 2.44. The summed E-state index contributed by atoms with van der Waals surface area (Å²) >= 11 is 0. The summed E-state index contributed by atoms with van der Waals surface area (Å²) in [6.07, 6.45) is 0. The molecule has 3 heteroatoms. The minimum atomic E-state index is -0.894. The maximum atomic E-state index is 11.6. The molecular weight excluding hydrogens is 262 g/mol. The summed E-state index contributed by atoms with van der Waals surface area (Å²) in [5.74, 6) is -0.894. The van der Waals surface area contributed by atoms with Gasteiger partial charge in [0.2, 0.25) is 0 Å². The molecule has 3 nitrogen and oxygen atoms in total. The highest BCUT2D eigenvalue weighted by Gasteiger charge is 2.19. The number of anilines is 1. The smallest absolute Gasteiger partial charge is 0.330 e. The maximum absolute atomic E-state index is 11.6. The minimum absolute atomic E-state index is 0.734. The summed E-state index contributed by atoms with van der Waals surface area (Å²) in [6, 6.07) is 22.2. The molecule has 0 spiro atoms. The average Bonchev–Trinajstić information content (AvgIpc) is 2.53. The molecule has 3 rings (SSSR count). The summed E-state index contributed by atoms with van der Waals surface area (Å²) in [4.78, 5) is 11.6. The van der Waals surface area contributed by atoms with Crippen molar-refractivity contribution in [2.45, 2.75) is 6.04 Å². The van der Waals surface area contributed by atoms with E-state index in [2.05, 4.69) is 5.32 Å². The van der Waals surface area contributed by atoms with Gasteiger partial charge in [0.05, 0.1) is 0 Å². The zero-order valence-electron chi connectivity index (χ0n) is 11.4. The van der Waals surface area contributed by atoms with Crippen LogP contribution in [0.5, 0.6) is 0 Å². The van der Waals surface area contributed by atoms with Crippen LogP contribution in [-0.2, 0) is 4.79 Å². The summed E-state index contributed by atoms with van der Waals surface area (Å²) in [7, 11) is 0. The fraction of sp³-hybridized carbons (Fsp3) is 0.0556. The lowest BCUT2D eigenvalue weighted by molar-refractivity contribution is -0.138. The van der Waals surface area contributed by atoms with Crippen molar-refractivity contribution in [1.29, 1.82) is 0 Å². The number of nitrogens with one attached hydrogen (secondary N) is 1. The Kier molecular flexibility index (Phi) is 3.56. The van der Waals surface area contributed by atoms with Gasteiger partial charge in [-0.1, -0.05) is 66.7 Å². The van der Waals surface area contributed by atoms with Gasteiger partial charge in [0.1, 0.15) is 0 Å². The lowest BCUT2D eigenvalue weighted by Gasteiger charge is -2.17. The molecule has 21 heavy (non-hydrogen) atoms. The van der Waals surface area contributed by atoms with Crippen LogP contribution >= 0.6 is 0 Å². The minimum Gasteiger partial charge on any atom is -0.479 e. The second-order valence-electron chi connectivity index (χ2n) is 4.85. The molecule has 3 aromatic carbocycles. The predicted octanol–water partition coefficient (Wildman–Crippen LogP) is 4.08. The van der Waals surface area contributed by atoms with Crippen LogP contribution in [0.1, 0.15) is 11.6 Å². The Morgan fingerprint density at radius 1 is 0.857 bits per heavy atom. The van der Waals surface area contributed by atoms with E-state index in [9.17, 15) is 9.90 Å². The first-order chi connectivity index (χ1) is 10.3. The Morgan fingerprint density at radius 2 is 1.52 bits per heavy atom. The Morgan fingerprint density at radius 3 is 2.29 bits per heavy atom. The summed E-state index contributed by atoms with van der Waals surface area (Å²) in [6.45, 7) is 0. The first-order valence-electron chi connectivity index (χ1n) is 6.78. The van der Waals surface area contributed by atoms with Crippen molar-refractivity contribution in [3.63, 3.8) is 0 Å². The van der Waals surface area contributed by atoms with Crippen molar-refractivity contribution >= 4 is 22.4 Å². The quantitative estimate of drug-likeness (QED) is 0.755. The number of hydrogen-bond donors (Lipinski definition) is 2. The molecule has 0 radical (unpaired) electrons. The first-order valence-corrected chi connectivity index (χ1v) is 6.78. The van der Waals surface area contributed by atoms with E-state index in [1.54, 1.807) is 0 Å². The van der Waals surface area contributed by atoms with E-state index in [0.717, 1.165) is 22.0 Å². The zero-order chi connectivity index (χ0) is 14.7. The van der Waals surface area contributed by atoms with Crippen LogP contribution in [0.15, 0.2) is 72.8 Å². The van der Waals surface area contributed by atoms with Crippen molar-refractivity contribution in [1.82, 2.24) is 0 Å². The van der Waals surface area contributed by atoms with Crippen LogP contribution in [0, 0.1) is 0 Å². The van der Waals surface area contributed by atoms with E-state index in [0.29, 0.717) is 0 Å². The van der Waals surface area contributed by atoms with E-state index < -0.39 is 12.0 Å². The molecule has 0 amide bonds. The monoisotopic (exact) mass is 277 g/mol. The largest absolute Gasteiger partial charge is 0.479 e. The van der Waals surface area contributed by atoms with Crippen LogP contribution in [0.4, 0.5) is 5.69 Å². The van der Waals surface area contributed by atoms with Gasteiger partial charge in [0, 0.05) is 11.1 Å². The Bertz CT molecular complexity index is 763. The van der Waals surface area contributed by atoms with Crippen LogP contribution in [0.3, 0.4) is 0 Å². The first kappa shape index (κ1) is 13.2. The van der Waals surface area contributed by atoms with E-state index >= 15 is 0 Å². The number of aliphatic carboxylic acids is 1. The number of hydrogen-bond acceptors (Lipinski definition) is 2. The standard InChI is InChI=1S/C18H15NO2/c20-18(21)17(14-8-2-1-3-9-14)19-16-12-6-10-13-7-4-5-11-15(13)16/h1-12,17,19H,(H,20,21). The van der Waals surface area contributed by atoms with Crippen molar-refractivity contribution in [2.24, 2.45) is 0 Å². The third kappa shape index (κ3) is 2.72. The Labute approximate surface area is 122 Å². The van der Waals surface area contributed by atoms with Gasteiger partial charge in [0.15, 0.2) is 6.04 Å². The molecule has 0 aliphatic rings. The number of carboxylic acids is 1. The third-order valence-electron chi connectivity index (χ3n) is 3.47. The average molecular weight is 277 g/mol. The molecule has 0 saturated heterocycles. The van der Waals surface area contributed by atoms with Gasteiger partial charge < -0.3 is 10.4 Å². The second-order valence-corrected chi connectivity index (χ2v) is 4.85. The lowest BCUT2D eigenvalue weighted by atomic mass is 10.0. The van der Waals surface area contributed by atoms with E-state index in [4.69, 9.17) is 0 Å². The van der Waals surface area contributed by atoms with Gasteiger partial charge in [0.25, 0.3) is 0 Å². The normalized spacial score (nSPS) is 12.0. The van der Waals surface area contributed by atoms with Gasteiger partial charge in [-0.05, 0) is 17.0 Å². The SMILES string of the molecule is O=C(O)C(Nc1cccc2ccccc12)c1ccccc1. The van der Waals surface area contributed by atoms with Crippen LogP contribution in [0.25, 0.3) is 10.8 Å². The maximum Gasteiger partial charge on any atom is 0.330 e. The zero-order valence-corrected chi connectivity index (χ0v) is 11.4. The van der Waals surface area contributed by atoms with Gasteiger partial charge >= 0.3 is 5.97 Å². The van der Waals surface area contributed by atoms with Crippen LogP contribution < -0.4 is 5.32 Å². The molecule has 0 aromatic heterocycles. The molecule has 1 unspecified atom stereocenters. The highest BCUT2D eigenvalue weighted by atomic mass is 16.4. The molecule has 1 atom stereocenters. The molecular formula is C18H15NO2. The fourth-order valence-corrected chi connectivity index (χ4v) is 2.44. The molecule has 0 aliphatic carbocycles. The molecule has 0 heterocycles. The molecule has 3 aromatic rings. The molecule has 0 saturated carbocycles. The molecule has 104 valence electrons. The summed E-state index contributed by atoms with van der Waals surface area (Å²) < 4.78 is 0. The topological polar surface area (TPSA) is 49.3 Å². The number of carbonyl (C=O) groups is 1. The molecule has 0 aliphatic heterocycles. The lowest BCUT2D eigenvalue weighted by Crippen LogP contribution is -2.20. The Balaban J connectivity index is 2.01. The van der Waals surface area contributed by atoms with E-state index in [1.807, 2.05) is 72.8 Å².